The van der Waals surface area contributed by atoms with Gasteiger partial charge in [0.25, 0.3) is 22.2 Å². The normalized spacial score (nSPS) is 14.5. The molecule has 142 heavy (non-hydrogen) atoms. The van der Waals surface area contributed by atoms with E-state index in [-0.39, 0.29) is 58.5 Å². The first-order valence-electron chi connectivity index (χ1n) is 48.3. The third-order valence-electron chi connectivity index (χ3n) is 26.6. The maximum Gasteiger partial charge on any atom is 0.293 e. The van der Waals surface area contributed by atoms with Crippen LogP contribution in [0.5, 0.6) is 11.5 Å². The first kappa shape index (κ1) is 103. The van der Waals surface area contributed by atoms with Gasteiger partial charge in [0, 0.05) is 186 Å². The van der Waals surface area contributed by atoms with Gasteiger partial charge >= 0.3 is 0 Å². The molecule has 4 aromatic carbocycles. The number of carbonyl (C=O) groups excluding carboxylic acids is 2. The van der Waals surface area contributed by atoms with E-state index in [1.54, 1.807) is 137 Å². The maximum absolute atomic E-state index is 12.8. The molecule has 4 aliphatic heterocycles. The van der Waals surface area contributed by atoms with Crippen molar-refractivity contribution in [1.82, 2.24) is 78.1 Å². The van der Waals surface area contributed by atoms with Crippen molar-refractivity contribution in [2.45, 2.75) is 157 Å². The van der Waals surface area contributed by atoms with Crippen molar-refractivity contribution in [3.05, 3.63) is 232 Å². The van der Waals surface area contributed by atoms with E-state index in [0.29, 0.717) is 109 Å². The van der Waals surface area contributed by atoms with E-state index in [1.807, 2.05) is 100 Å². The van der Waals surface area contributed by atoms with Crippen LogP contribution >= 0.6 is 46.4 Å². The third kappa shape index (κ3) is 24.9. The number of benzene rings is 4. The predicted octanol–water partition coefficient (Wildman–Crippen LogP) is 19.6. The van der Waals surface area contributed by atoms with E-state index in [9.17, 15) is 28.8 Å². The SMILES string of the molecule is CC1CCN(c2ncc(Cl)c(Nc3ccc4c(c3)c(NC(C)(C)c3ncccn3)cc(=O)n4C)n2)CC1.CCC(=O)COc1cc2cc(Nc3nc(N4CCC(C)CC4)ncc3Cl)ccc2n(C)c1=O.CCC(=O)COc1cc2cc(Nc3nc(N4CCC(CC)CC4)ncc3Cl)ccc2n(C)c1=O.CCC1CCN(c2ncc(Cl)c(Nc3ccc4c(c3)c(NC(C)(C)c3ncccn3)cc(=O)n4C)n2)CC1. The summed E-state index contributed by atoms with van der Waals surface area (Å²) < 4.78 is 17.3. The Morgan fingerprint density at radius 3 is 0.965 bits per heavy atom. The van der Waals surface area contributed by atoms with Gasteiger partial charge in [0.15, 0.2) is 58.0 Å². The number of ether oxygens (including phenoxy) is 2. The number of piperidine rings is 4. The summed E-state index contributed by atoms with van der Waals surface area (Å²) in [6, 6.07) is 33.0. The number of anilines is 14. The predicted molar refractivity (Wildman–Crippen MR) is 569 cm³/mol. The van der Waals surface area contributed by atoms with Crippen molar-refractivity contribution < 1.29 is 19.1 Å². The first-order valence-corrected chi connectivity index (χ1v) is 49.9. The summed E-state index contributed by atoms with van der Waals surface area (Å²) in [5, 5.41) is 25.3. The summed E-state index contributed by atoms with van der Waals surface area (Å²) in [4.78, 5) is 137. The van der Waals surface area contributed by atoms with E-state index in [2.05, 4.69) is 129 Å². The Morgan fingerprint density at radius 2 is 0.669 bits per heavy atom. The molecule has 744 valence electrons. The van der Waals surface area contributed by atoms with Crippen LogP contribution in [0.1, 0.15) is 158 Å². The van der Waals surface area contributed by atoms with Crippen LogP contribution in [0.4, 0.5) is 81.2 Å². The summed E-state index contributed by atoms with van der Waals surface area (Å²) in [5.41, 5.74) is 5.56. The summed E-state index contributed by atoms with van der Waals surface area (Å²) in [5.74, 6) is 9.22. The zero-order valence-corrected chi connectivity index (χ0v) is 85.6. The van der Waals surface area contributed by atoms with E-state index in [1.165, 1.54) is 22.0 Å². The van der Waals surface area contributed by atoms with Crippen molar-refractivity contribution >= 4 is 183 Å². The number of pyridine rings is 4. The van der Waals surface area contributed by atoms with Crippen molar-refractivity contribution in [2.24, 2.45) is 51.9 Å². The molecule has 0 radical (unpaired) electrons. The largest absolute Gasteiger partial charge is 0.480 e. The second kappa shape index (κ2) is 45.9. The number of nitrogens with zero attached hydrogens (tertiary/aromatic N) is 20. The molecule has 0 aliphatic carbocycles. The molecule has 34 nitrogen and oxygen atoms in total. The van der Waals surface area contributed by atoms with Gasteiger partial charge in [-0.05, 0) is 200 Å². The molecule has 0 atom stereocenters. The highest BCUT2D eigenvalue weighted by atomic mass is 35.5. The van der Waals surface area contributed by atoms with Crippen molar-refractivity contribution in [3.63, 3.8) is 0 Å². The van der Waals surface area contributed by atoms with Crippen molar-refractivity contribution in [1.29, 1.82) is 0 Å². The standard InChI is InChI=1S/C28H33ClN8O.C27H31ClN8O.C25H30ClN5O3.C24H28ClN5O3/c1-5-18-9-13-37(14-10-18)27-32-17-21(29)25(34-27)33-19-7-8-23-20(15-19)22(16-24(38)36(23)4)35-28(2,3)26-30-11-6-12-31-26;1-17-8-12-36(13-9-17)26-31-16-20(28)24(33-26)32-18-6-7-22-19(14-18)21(15-23(37)35(22)4)34-27(2,3)25-29-10-5-11-30-25;1-4-16-8-10-31(11-9-16)25-27-14-20(26)23(29-25)28-18-6-7-21-17(12-18)13-22(24(33)30(21)3)34-15-19(32)5-2;1-4-18(31)14-33-21-12-16-11-17(5-6-20(16)29(3)23(21)32)27-22-19(25)13-26-24(28-22)30-9-7-15(2)8-10-30/h6-8,11-12,15-18,35H,5,9-10,13-14H2,1-4H3,(H,32,33,34);5-7,10-11,14-17,34H,8-9,12-13H2,1-4H3,(H,31,32,33);6-7,12-14,16H,4-5,8-11,15H2,1-3H3,(H,27,28,29);5-6,11-13,15H,4,7-10,14H2,1-3H3,(H,26,27,28). The van der Waals surface area contributed by atoms with Gasteiger partial charge in [-0.15, -0.1) is 0 Å². The third-order valence-corrected chi connectivity index (χ3v) is 27.7. The molecule has 0 saturated carbocycles. The van der Waals surface area contributed by atoms with Gasteiger partial charge < -0.3 is 79.2 Å². The Balaban J connectivity index is 0.000000143. The van der Waals surface area contributed by atoms with E-state index < -0.39 is 11.1 Å². The molecule has 6 N–H and O–H groups in total. The number of nitrogens with one attached hydrogen (secondary N) is 6. The Kier molecular flexibility index (Phi) is 33.2. The minimum atomic E-state index is -0.611. The Labute approximate surface area is 844 Å². The molecule has 0 amide bonds. The monoisotopic (exact) mass is 2000 g/mol. The molecule has 0 spiro atoms. The zero-order valence-electron chi connectivity index (χ0n) is 82.6. The topological polar surface area (TPSA) is 380 Å². The maximum atomic E-state index is 12.8. The highest BCUT2D eigenvalue weighted by Gasteiger charge is 2.31. The van der Waals surface area contributed by atoms with Crippen molar-refractivity contribution in [2.75, 3.05) is 117 Å². The Morgan fingerprint density at radius 1 is 0.380 bits per heavy atom. The van der Waals surface area contributed by atoms with Crippen LogP contribution in [0.3, 0.4) is 0 Å². The number of carbonyl (C=O) groups is 2. The molecule has 10 aromatic heterocycles. The molecule has 4 fully saturated rings. The van der Waals surface area contributed by atoms with Gasteiger partial charge in [-0.2, -0.15) is 19.9 Å². The van der Waals surface area contributed by atoms with E-state index in [0.717, 1.165) is 188 Å². The quantitative estimate of drug-likeness (QED) is 0.0265. The number of aromatic nitrogens is 16. The fraction of sp³-hybridized carbons (Fsp3) is 0.404. The number of rotatable bonds is 28. The van der Waals surface area contributed by atoms with Crippen LogP contribution < -0.4 is 83.2 Å². The highest BCUT2D eigenvalue weighted by molar-refractivity contribution is 6.34. The number of hydrogen-bond acceptors (Lipinski definition) is 30. The van der Waals surface area contributed by atoms with Gasteiger partial charge in [-0.3, -0.25) is 28.8 Å². The number of halogens is 4. The summed E-state index contributed by atoms with van der Waals surface area (Å²) >= 11 is 25.8. The lowest BCUT2D eigenvalue weighted by Crippen LogP contribution is -2.34. The van der Waals surface area contributed by atoms with Gasteiger partial charge in [-0.25, -0.2) is 39.9 Å². The highest BCUT2D eigenvalue weighted by Crippen LogP contribution is 2.39. The summed E-state index contributed by atoms with van der Waals surface area (Å²) in [6.07, 6.45) is 25.6. The van der Waals surface area contributed by atoms with Crippen LogP contribution in [0, 0.1) is 23.7 Å². The summed E-state index contributed by atoms with van der Waals surface area (Å²) in [7, 11) is 6.89. The molecule has 38 heteroatoms. The van der Waals surface area contributed by atoms with Gasteiger partial charge in [-0.1, -0.05) is 101 Å². The lowest BCUT2D eigenvalue weighted by Gasteiger charge is -2.31. The van der Waals surface area contributed by atoms with Gasteiger partial charge in [0.05, 0.1) is 57.9 Å². The zero-order chi connectivity index (χ0) is 101. The second-order valence-electron chi connectivity index (χ2n) is 37.7. The number of ketones is 2. The lowest BCUT2D eigenvalue weighted by molar-refractivity contribution is -0.121. The average molecular weight is 2010 g/mol. The fourth-order valence-corrected chi connectivity index (χ4v) is 18.1. The first-order chi connectivity index (χ1) is 68.2. The molecule has 18 rings (SSSR count). The molecular weight excluding hydrogens is 1880 g/mol. The molecule has 0 unspecified atom stereocenters. The molecule has 4 saturated heterocycles. The summed E-state index contributed by atoms with van der Waals surface area (Å²) in [6.45, 7) is 27.7. The van der Waals surface area contributed by atoms with Crippen LogP contribution in [0.25, 0.3) is 43.6 Å². The Bertz CT molecular complexity index is 7140. The second-order valence-corrected chi connectivity index (χ2v) is 39.3. The van der Waals surface area contributed by atoms with Crippen LogP contribution in [-0.4, -0.2) is 155 Å². The van der Waals surface area contributed by atoms with Gasteiger partial charge in [0.2, 0.25) is 23.8 Å². The number of hydrogen-bond donors (Lipinski definition) is 6. The van der Waals surface area contributed by atoms with E-state index >= 15 is 0 Å². The molecule has 14 heterocycles. The molecule has 0 bridgehead atoms. The number of fused-ring (bicyclic) bond motifs is 4. The fourth-order valence-electron chi connectivity index (χ4n) is 17.5. The molecule has 14 aromatic rings. The van der Waals surface area contributed by atoms with Gasteiger partial charge in [0.1, 0.15) is 33.3 Å². The van der Waals surface area contributed by atoms with Crippen LogP contribution in [-0.2, 0) is 48.9 Å². The molecule has 4 aliphatic rings. The van der Waals surface area contributed by atoms with Crippen molar-refractivity contribution in [3.8, 4) is 11.5 Å². The average Bonchev–Trinajstić information content (AvgIpc) is 0.779. The lowest BCUT2D eigenvalue weighted by atomic mass is 9.95. The number of Topliss-reactive ketones (excluding diaryl/α,β-unsaturated/α-hetero) is 2. The van der Waals surface area contributed by atoms with E-state index in [4.69, 9.17) is 65.8 Å². The minimum Gasteiger partial charge on any atom is -0.480 e. The smallest absolute Gasteiger partial charge is 0.293 e. The number of aryl methyl sites for hydroxylation is 4. The Hall–Kier alpha value is -13.7. The minimum absolute atomic E-state index is 0.0642. The molecular formula is C104H122Cl4N26O8. The van der Waals surface area contributed by atoms with Crippen LogP contribution in [0.2, 0.25) is 20.1 Å². The van der Waals surface area contributed by atoms with Crippen LogP contribution in [0.15, 0.2) is 178 Å².